The van der Waals surface area contributed by atoms with E-state index in [9.17, 15) is 5.11 Å². The molecule has 1 aromatic carbocycles. The van der Waals surface area contributed by atoms with Gasteiger partial charge in [0, 0.05) is 0 Å². The Bertz CT molecular complexity index is 292. The number of hydrogen-bond acceptors (Lipinski definition) is 1. The molecule has 0 aliphatic carbocycles. The zero-order valence-electron chi connectivity index (χ0n) is 9.59. The first-order valence-corrected chi connectivity index (χ1v) is 5.33. The van der Waals surface area contributed by atoms with Gasteiger partial charge >= 0.3 is 0 Å². The first kappa shape index (κ1) is 11.1. The van der Waals surface area contributed by atoms with Gasteiger partial charge in [0.15, 0.2) is 0 Å². The van der Waals surface area contributed by atoms with Crippen molar-refractivity contribution < 1.29 is 5.11 Å². The minimum atomic E-state index is 0.461. The third-order valence-electron chi connectivity index (χ3n) is 2.84. The molecular formula is C13H20O. The van der Waals surface area contributed by atoms with E-state index < -0.39 is 0 Å². The molecule has 1 aromatic rings. The lowest BCUT2D eigenvalue weighted by Gasteiger charge is -2.13. The molecular weight excluding hydrogens is 172 g/mol. The van der Waals surface area contributed by atoms with Crippen LogP contribution in [0.5, 0.6) is 5.75 Å². The Morgan fingerprint density at radius 3 is 2.43 bits per heavy atom. The Morgan fingerprint density at radius 2 is 1.93 bits per heavy atom. The fourth-order valence-electron chi connectivity index (χ4n) is 1.73. The fourth-order valence-corrected chi connectivity index (χ4v) is 1.73. The molecule has 0 fully saturated rings. The van der Waals surface area contributed by atoms with Crippen molar-refractivity contribution in [2.24, 2.45) is 5.92 Å². The summed E-state index contributed by atoms with van der Waals surface area (Å²) < 4.78 is 0. The molecule has 0 heterocycles. The Hall–Kier alpha value is -0.980. The minimum absolute atomic E-state index is 0.461. The van der Waals surface area contributed by atoms with Gasteiger partial charge < -0.3 is 5.11 Å². The molecule has 1 N–H and O–H groups in total. The molecule has 0 saturated heterocycles. The summed E-state index contributed by atoms with van der Waals surface area (Å²) in [4.78, 5) is 0. The predicted molar refractivity (Wildman–Crippen MR) is 60.7 cm³/mol. The minimum Gasteiger partial charge on any atom is -0.508 e. The summed E-state index contributed by atoms with van der Waals surface area (Å²) in [5.41, 5.74) is 3.46. The standard InChI is InChI=1S/C13H20O/c1-5-9(2)7-12-11(4)6-10(3)8-13(12)14/h6,8-9,14H,5,7H2,1-4H3/t9-/m1/s1. The zero-order chi connectivity index (χ0) is 10.7. The van der Waals surface area contributed by atoms with Crippen molar-refractivity contribution >= 4 is 0 Å². The van der Waals surface area contributed by atoms with E-state index in [2.05, 4.69) is 26.8 Å². The lowest BCUT2D eigenvalue weighted by atomic mass is 9.94. The van der Waals surface area contributed by atoms with Gasteiger partial charge in [-0.25, -0.2) is 0 Å². The van der Waals surface area contributed by atoms with Gasteiger partial charge in [0.25, 0.3) is 0 Å². The second-order valence-corrected chi connectivity index (χ2v) is 4.30. The van der Waals surface area contributed by atoms with Gasteiger partial charge in [-0.1, -0.05) is 26.3 Å². The van der Waals surface area contributed by atoms with E-state index in [1.54, 1.807) is 0 Å². The number of aryl methyl sites for hydroxylation is 2. The fraction of sp³-hybridized carbons (Fsp3) is 0.538. The van der Waals surface area contributed by atoms with E-state index in [4.69, 9.17) is 0 Å². The summed E-state index contributed by atoms with van der Waals surface area (Å²) in [5.74, 6) is 1.10. The lowest BCUT2D eigenvalue weighted by molar-refractivity contribution is 0.456. The van der Waals surface area contributed by atoms with Gasteiger partial charge in [0.1, 0.15) is 5.75 Å². The number of phenolic OH excluding ortho intramolecular Hbond substituents is 1. The lowest BCUT2D eigenvalue weighted by Crippen LogP contribution is -2.00. The van der Waals surface area contributed by atoms with Gasteiger partial charge in [-0.2, -0.15) is 0 Å². The van der Waals surface area contributed by atoms with Crippen molar-refractivity contribution in [3.63, 3.8) is 0 Å². The van der Waals surface area contributed by atoms with Crippen LogP contribution in [0.4, 0.5) is 0 Å². The van der Waals surface area contributed by atoms with Crippen LogP contribution in [0, 0.1) is 19.8 Å². The van der Waals surface area contributed by atoms with E-state index in [0.717, 1.165) is 24.0 Å². The van der Waals surface area contributed by atoms with E-state index in [0.29, 0.717) is 11.7 Å². The molecule has 1 rings (SSSR count). The molecule has 1 nitrogen and oxygen atoms in total. The first-order chi connectivity index (χ1) is 6.54. The number of rotatable bonds is 3. The molecule has 14 heavy (non-hydrogen) atoms. The highest BCUT2D eigenvalue weighted by molar-refractivity contribution is 5.42. The van der Waals surface area contributed by atoms with Crippen molar-refractivity contribution in [3.8, 4) is 5.75 Å². The van der Waals surface area contributed by atoms with Crippen molar-refractivity contribution in [2.45, 2.75) is 40.5 Å². The van der Waals surface area contributed by atoms with E-state index in [-0.39, 0.29) is 0 Å². The van der Waals surface area contributed by atoms with Crippen LogP contribution in [0.2, 0.25) is 0 Å². The molecule has 0 aromatic heterocycles. The third kappa shape index (κ3) is 2.50. The number of benzene rings is 1. The summed E-state index contributed by atoms with van der Waals surface area (Å²) in [6.07, 6.45) is 2.14. The van der Waals surface area contributed by atoms with Gasteiger partial charge in [0.2, 0.25) is 0 Å². The Labute approximate surface area is 86.8 Å². The molecule has 0 spiro atoms. The van der Waals surface area contributed by atoms with Crippen molar-refractivity contribution in [1.29, 1.82) is 0 Å². The van der Waals surface area contributed by atoms with E-state index in [1.807, 2.05) is 13.0 Å². The molecule has 1 heteroatoms. The maximum absolute atomic E-state index is 9.82. The Balaban J connectivity index is 2.96. The average Bonchev–Trinajstić information content (AvgIpc) is 2.10. The Kier molecular flexibility index (Phi) is 3.56. The second kappa shape index (κ2) is 4.50. The summed E-state index contributed by atoms with van der Waals surface area (Å²) >= 11 is 0. The highest BCUT2D eigenvalue weighted by Gasteiger charge is 2.09. The molecule has 0 aliphatic rings. The summed E-state index contributed by atoms with van der Waals surface area (Å²) in [5, 5.41) is 9.82. The predicted octanol–water partition coefficient (Wildman–Crippen LogP) is 3.60. The van der Waals surface area contributed by atoms with Crippen LogP contribution in [0.3, 0.4) is 0 Å². The monoisotopic (exact) mass is 192 g/mol. The molecule has 0 unspecified atom stereocenters. The highest BCUT2D eigenvalue weighted by atomic mass is 16.3. The van der Waals surface area contributed by atoms with Gasteiger partial charge in [-0.15, -0.1) is 0 Å². The maximum Gasteiger partial charge on any atom is 0.119 e. The SMILES string of the molecule is CC[C@@H](C)Cc1c(C)cc(C)cc1O. The topological polar surface area (TPSA) is 20.2 Å². The van der Waals surface area contributed by atoms with E-state index >= 15 is 0 Å². The van der Waals surface area contributed by atoms with Crippen LogP contribution >= 0.6 is 0 Å². The molecule has 1 atom stereocenters. The molecule has 0 saturated carbocycles. The number of aromatic hydroxyl groups is 1. The molecule has 0 bridgehead atoms. The summed E-state index contributed by atoms with van der Waals surface area (Å²) in [6.45, 7) is 8.49. The average molecular weight is 192 g/mol. The summed E-state index contributed by atoms with van der Waals surface area (Å²) in [6, 6.07) is 3.99. The Morgan fingerprint density at radius 1 is 1.29 bits per heavy atom. The highest BCUT2D eigenvalue weighted by Crippen LogP contribution is 2.26. The smallest absolute Gasteiger partial charge is 0.119 e. The molecule has 0 amide bonds. The largest absolute Gasteiger partial charge is 0.508 e. The van der Waals surface area contributed by atoms with Crippen molar-refractivity contribution in [2.75, 3.05) is 0 Å². The molecule has 78 valence electrons. The van der Waals surface area contributed by atoms with Crippen molar-refractivity contribution in [1.82, 2.24) is 0 Å². The van der Waals surface area contributed by atoms with Gasteiger partial charge in [-0.3, -0.25) is 0 Å². The number of hydrogen-bond donors (Lipinski definition) is 1. The van der Waals surface area contributed by atoms with Gasteiger partial charge in [-0.05, 0) is 48.9 Å². The van der Waals surface area contributed by atoms with Crippen LogP contribution in [0.1, 0.15) is 37.0 Å². The van der Waals surface area contributed by atoms with E-state index in [1.165, 1.54) is 5.56 Å². The van der Waals surface area contributed by atoms with Crippen LogP contribution in [0.25, 0.3) is 0 Å². The molecule has 0 radical (unpaired) electrons. The zero-order valence-corrected chi connectivity index (χ0v) is 9.59. The first-order valence-electron chi connectivity index (χ1n) is 5.33. The van der Waals surface area contributed by atoms with Crippen molar-refractivity contribution in [3.05, 3.63) is 28.8 Å². The second-order valence-electron chi connectivity index (χ2n) is 4.30. The third-order valence-corrected chi connectivity index (χ3v) is 2.84. The van der Waals surface area contributed by atoms with Crippen LogP contribution in [0.15, 0.2) is 12.1 Å². The number of phenols is 1. The normalized spacial score (nSPS) is 12.9. The van der Waals surface area contributed by atoms with Crippen LogP contribution < -0.4 is 0 Å². The maximum atomic E-state index is 9.82. The van der Waals surface area contributed by atoms with Crippen LogP contribution in [-0.4, -0.2) is 5.11 Å². The van der Waals surface area contributed by atoms with Gasteiger partial charge in [0.05, 0.1) is 0 Å². The molecule has 0 aliphatic heterocycles. The quantitative estimate of drug-likeness (QED) is 0.775. The van der Waals surface area contributed by atoms with Crippen LogP contribution in [-0.2, 0) is 6.42 Å². The summed E-state index contributed by atoms with van der Waals surface area (Å²) in [7, 11) is 0.